The summed E-state index contributed by atoms with van der Waals surface area (Å²) in [5, 5.41) is 0.516. The van der Waals surface area contributed by atoms with Crippen molar-refractivity contribution < 1.29 is 14.3 Å². The number of halogens is 1. The second-order valence-corrected chi connectivity index (χ2v) is 5.72. The zero-order valence-corrected chi connectivity index (χ0v) is 13.4. The Kier molecular flexibility index (Phi) is 4.99. The van der Waals surface area contributed by atoms with E-state index in [0.29, 0.717) is 29.5 Å². The van der Waals surface area contributed by atoms with E-state index in [1.54, 1.807) is 24.3 Å². The van der Waals surface area contributed by atoms with Crippen LogP contribution in [0.4, 0.5) is 0 Å². The molecule has 2 aromatic carbocycles. The van der Waals surface area contributed by atoms with E-state index in [4.69, 9.17) is 21.1 Å². The molecule has 23 heavy (non-hydrogen) atoms. The maximum atomic E-state index is 12.5. The lowest BCUT2D eigenvalue weighted by Crippen LogP contribution is -2.05. The van der Waals surface area contributed by atoms with Gasteiger partial charge in [0, 0.05) is 10.6 Å². The van der Waals surface area contributed by atoms with Gasteiger partial charge < -0.3 is 9.47 Å². The summed E-state index contributed by atoms with van der Waals surface area (Å²) in [6, 6.07) is 12.8. The molecular weight excluding hydrogens is 312 g/mol. The Balaban J connectivity index is 1.98. The molecule has 0 saturated heterocycles. The third-order valence-electron chi connectivity index (χ3n) is 3.59. The summed E-state index contributed by atoms with van der Waals surface area (Å²) in [4.78, 5) is 12.5. The number of para-hydroxylation sites is 1. The third-order valence-corrected chi connectivity index (χ3v) is 3.83. The minimum Gasteiger partial charge on any atom is -0.493 e. The van der Waals surface area contributed by atoms with E-state index in [2.05, 4.69) is 0 Å². The molecule has 0 N–H and O–H groups in total. The minimum absolute atomic E-state index is 0.142. The van der Waals surface area contributed by atoms with Gasteiger partial charge in [-0.25, -0.2) is 0 Å². The second kappa shape index (κ2) is 7.34. The lowest BCUT2D eigenvalue weighted by molar-refractivity contribution is 0.104. The predicted octanol–water partition coefficient (Wildman–Crippen LogP) is 4.79. The molecular formula is C19H17ClO3. The summed E-state index contributed by atoms with van der Waals surface area (Å²) < 4.78 is 11.5. The molecule has 0 atom stereocenters. The molecule has 0 saturated carbocycles. The summed E-state index contributed by atoms with van der Waals surface area (Å²) in [6.07, 6.45) is 5.03. The monoisotopic (exact) mass is 328 g/mol. The Morgan fingerprint density at radius 2 is 1.61 bits per heavy atom. The Labute approximate surface area is 140 Å². The molecule has 0 bridgehead atoms. The van der Waals surface area contributed by atoms with E-state index in [1.165, 1.54) is 6.08 Å². The van der Waals surface area contributed by atoms with Gasteiger partial charge in [-0.15, -0.1) is 0 Å². The van der Waals surface area contributed by atoms with Crippen molar-refractivity contribution in [2.75, 3.05) is 13.2 Å². The van der Waals surface area contributed by atoms with Crippen molar-refractivity contribution >= 4 is 23.5 Å². The molecule has 3 nitrogen and oxygen atoms in total. The number of fused-ring (bicyclic) bond motifs is 2. The zero-order chi connectivity index (χ0) is 16.1. The van der Waals surface area contributed by atoms with Gasteiger partial charge in [0.25, 0.3) is 0 Å². The number of ether oxygens (including phenoxy) is 2. The zero-order valence-electron chi connectivity index (χ0n) is 12.6. The highest BCUT2D eigenvalue weighted by molar-refractivity contribution is 6.31. The van der Waals surface area contributed by atoms with Gasteiger partial charge in [0.15, 0.2) is 5.78 Å². The van der Waals surface area contributed by atoms with Gasteiger partial charge in [-0.1, -0.05) is 29.8 Å². The fraction of sp³-hybridized carbons (Fsp3) is 0.211. The molecule has 118 valence electrons. The number of allylic oxidation sites excluding steroid dienone is 1. The first-order chi connectivity index (χ1) is 11.2. The van der Waals surface area contributed by atoms with E-state index < -0.39 is 0 Å². The molecule has 0 spiro atoms. The van der Waals surface area contributed by atoms with Crippen molar-refractivity contribution in [2.45, 2.75) is 12.8 Å². The molecule has 0 aliphatic carbocycles. The van der Waals surface area contributed by atoms with Crippen LogP contribution in [0.25, 0.3) is 6.08 Å². The van der Waals surface area contributed by atoms with Gasteiger partial charge >= 0.3 is 0 Å². The maximum absolute atomic E-state index is 12.5. The summed E-state index contributed by atoms with van der Waals surface area (Å²) >= 11 is 6.02. The van der Waals surface area contributed by atoms with E-state index >= 15 is 0 Å². The lowest BCUT2D eigenvalue weighted by atomic mass is 10.1. The normalized spacial score (nSPS) is 16.5. The van der Waals surface area contributed by atoms with E-state index in [-0.39, 0.29) is 5.78 Å². The van der Waals surface area contributed by atoms with Crippen LogP contribution >= 0.6 is 11.6 Å². The molecule has 0 aromatic heterocycles. The van der Waals surface area contributed by atoms with Crippen LogP contribution in [0.3, 0.4) is 0 Å². The van der Waals surface area contributed by atoms with E-state index in [1.807, 2.05) is 24.3 Å². The number of carbonyl (C=O) groups excluding carboxylic acids is 1. The van der Waals surface area contributed by atoms with Crippen LogP contribution in [0.15, 0.2) is 48.5 Å². The Bertz CT molecular complexity index is 737. The highest BCUT2D eigenvalue weighted by Gasteiger charge is 2.12. The van der Waals surface area contributed by atoms with Crippen LogP contribution in [-0.2, 0) is 0 Å². The number of ketones is 1. The van der Waals surface area contributed by atoms with Crippen LogP contribution in [-0.4, -0.2) is 19.0 Å². The summed E-state index contributed by atoms with van der Waals surface area (Å²) in [6.45, 7) is 1.16. The van der Waals surface area contributed by atoms with Crippen molar-refractivity contribution in [1.29, 1.82) is 0 Å². The highest BCUT2D eigenvalue weighted by Crippen LogP contribution is 2.26. The Morgan fingerprint density at radius 3 is 2.43 bits per heavy atom. The number of hydrogen-bond donors (Lipinski definition) is 0. The fourth-order valence-corrected chi connectivity index (χ4v) is 2.57. The van der Waals surface area contributed by atoms with Crippen molar-refractivity contribution in [1.82, 2.24) is 0 Å². The van der Waals surface area contributed by atoms with Crippen LogP contribution in [0.1, 0.15) is 28.8 Å². The van der Waals surface area contributed by atoms with E-state index in [0.717, 1.165) is 24.2 Å². The first-order valence-electron chi connectivity index (χ1n) is 7.60. The fourth-order valence-electron chi connectivity index (χ4n) is 2.39. The number of rotatable bonds is 0. The van der Waals surface area contributed by atoms with Crippen molar-refractivity contribution in [2.24, 2.45) is 0 Å². The van der Waals surface area contributed by atoms with Crippen LogP contribution < -0.4 is 9.47 Å². The van der Waals surface area contributed by atoms with Gasteiger partial charge in [-0.3, -0.25) is 4.79 Å². The van der Waals surface area contributed by atoms with Gasteiger partial charge in [0.2, 0.25) is 0 Å². The quantitative estimate of drug-likeness (QED) is 0.697. The maximum Gasteiger partial charge on any atom is 0.189 e. The van der Waals surface area contributed by atoms with Crippen LogP contribution in [0.2, 0.25) is 5.02 Å². The van der Waals surface area contributed by atoms with Crippen molar-refractivity contribution in [3.05, 3.63) is 64.7 Å². The molecule has 2 aromatic rings. The summed E-state index contributed by atoms with van der Waals surface area (Å²) in [5.41, 5.74) is 1.36. The highest BCUT2D eigenvalue weighted by atomic mass is 35.5. The van der Waals surface area contributed by atoms with Gasteiger partial charge in [0.1, 0.15) is 11.5 Å². The van der Waals surface area contributed by atoms with Crippen LogP contribution in [0.5, 0.6) is 11.5 Å². The first-order valence-corrected chi connectivity index (χ1v) is 7.98. The van der Waals surface area contributed by atoms with Gasteiger partial charge in [-0.05, 0) is 49.3 Å². The smallest absolute Gasteiger partial charge is 0.189 e. The Hall–Kier alpha value is -2.26. The molecule has 1 heterocycles. The standard InChI is InChI=1S/C19H17ClO3/c20-15-8-10-19-16(13-15)17(21)9-7-14-5-1-2-6-18(14)22-11-3-4-12-23-19/h1-2,5-10,13H,3-4,11-12H2/b9-7-. The molecule has 0 amide bonds. The molecule has 4 heteroatoms. The number of hydrogen-bond acceptors (Lipinski definition) is 3. The minimum atomic E-state index is -0.142. The Morgan fingerprint density at radius 1 is 0.870 bits per heavy atom. The lowest BCUT2D eigenvalue weighted by Gasteiger charge is -2.10. The SMILES string of the molecule is O=C1/C=C\c2ccccc2OCCCCOc2ccc(Cl)cc21. The molecule has 1 aliphatic heterocycles. The number of carbonyl (C=O) groups is 1. The molecule has 0 unspecified atom stereocenters. The average Bonchev–Trinajstić information content (AvgIpc) is 2.58. The average molecular weight is 329 g/mol. The van der Waals surface area contributed by atoms with Crippen LogP contribution in [0, 0.1) is 0 Å². The molecule has 1 aliphatic rings. The second-order valence-electron chi connectivity index (χ2n) is 5.28. The van der Waals surface area contributed by atoms with E-state index in [9.17, 15) is 4.79 Å². The third kappa shape index (κ3) is 3.93. The molecule has 3 rings (SSSR count). The first kappa shape index (κ1) is 15.6. The molecule has 0 fully saturated rings. The van der Waals surface area contributed by atoms with Gasteiger partial charge in [-0.2, -0.15) is 0 Å². The summed E-state index contributed by atoms with van der Waals surface area (Å²) in [5.74, 6) is 1.21. The largest absolute Gasteiger partial charge is 0.493 e. The predicted molar refractivity (Wildman–Crippen MR) is 91.5 cm³/mol. The summed E-state index contributed by atoms with van der Waals surface area (Å²) in [7, 11) is 0. The van der Waals surface area contributed by atoms with Crippen molar-refractivity contribution in [3.63, 3.8) is 0 Å². The molecule has 0 radical (unpaired) electrons. The van der Waals surface area contributed by atoms with Gasteiger partial charge in [0.05, 0.1) is 18.8 Å². The number of benzene rings is 2. The van der Waals surface area contributed by atoms with Crippen molar-refractivity contribution in [3.8, 4) is 11.5 Å². The topological polar surface area (TPSA) is 35.5 Å².